The Morgan fingerprint density at radius 1 is 1.08 bits per heavy atom. The molecule has 0 saturated carbocycles. The standard InChI is InChI=1S/C27H30ClF3N2O3/c1-35-18-4-5-25-21(13-18)20(22(28)16-32-25)3-2-6-27(17-34)7-9-33(10-8-27)11-12-36-19-14-23(29)26(31)24(30)15-19/h4-5,13-16,34H,2-3,6-12,17H2,1H3. The lowest BCUT2D eigenvalue weighted by Gasteiger charge is -2.41. The SMILES string of the molecule is COc1ccc2ncc(Cl)c(CCCC3(CO)CCN(CCOc4cc(F)c(F)c(F)c4)CC3)c2c1. The first-order valence-electron chi connectivity index (χ1n) is 12.1. The predicted octanol–water partition coefficient (Wildman–Crippen LogP) is 5.79. The number of aryl methyl sites for hydroxylation is 1. The fourth-order valence-electron chi connectivity index (χ4n) is 4.87. The topological polar surface area (TPSA) is 54.8 Å². The van der Waals surface area contributed by atoms with Crippen molar-refractivity contribution in [2.24, 2.45) is 5.41 Å². The van der Waals surface area contributed by atoms with E-state index >= 15 is 0 Å². The first-order valence-corrected chi connectivity index (χ1v) is 12.4. The normalized spacial score (nSPS) is 15.8. The van der Waals surface area contributed by atoms with Gasteiger partial charge in [0, 0.05) is 36.9 Å². The number of hydrogen-bond donors (Lipinski definition) is 1. The molecule has 1 N–H and O–H groups in total. The molecule has 2 aromatic carbocycles. The largest absolute Gasteiger partial charge is 0.497 e. The van der Waals surface area contributed by atoms with Crippen LogP contribution in [0.1, 0.15) is 31.2 Å². The van der Waals surface area contributed by atoms with Gasteiger partial charge in [0.25, 0.3) is 0 Å². The summed E-state index contributed by atoms with van der Waals surface area (Å²) in [7, 11) is 1.63. The fraction of sp³-hybridized carbons (Fsp3) is 0.444. The number of aromatic nitrogens is 1. The van der Waals surface area contributed by atoms with Gasteiger partial charge in [0.15, 0.2) is 17.5 Å². The number of hydrogen-bond acceptors (Lipinski definition) is 5. The zero-order valence-electron chi connectivity index (χ0n) is 20.2. The molecule has 0 atom stereocenters. The summed E-state index contributed by atoms with van der Waals surface area (Å²) in [6.45, 7) is 2.48. The third-order valence-corrected chi connectivity index (χ3v) is 7.48. The van der Waals surface area contributed by atoms with Gasteiger partial charge in [-0.3, -0.25) is 9.88 Å². The van der Waals surface area contributed by atoms with Crippen molar-refractivity contribution in [2.75, 3.05) is 40.0 Å². The summed E-state index contributed by atoms with van der Waals surface area (Å²) >= 11 is 6.49. The third-order valence-electron chi connectivity index (χ3n) is 7.15. The predicted molar refractivity (Wildman–Crippen MR) is 133 cm³/mol. The average Bonchev–Trinajstić information content (AvgIpc) is 2.89. The molecule has 9 heteroatoms. The van der Waals surface area contributed by atoms with Crippen molar-refractivity contribution in [1.82, 2.24) is 9.88 Å². The summed E-state index contributed by atoms with van der Waals surface area (Å²) in [5.74, 6) is -3.32. The summed E-state index contributed by atoms with van der Waals surface area (Å²) in [6, 6.07) is 7.45. The van der Waals surface area contributed by atoms with E-state index in [0.29, 0.717) is 11.6 Å². The number of likely N-dealkylation sites (tertiary alicyclic amines) is 1. The maximum Gasteiger partial charge on any atom is 0.194 e. The van der Waals surface area contributed by atoms with E-state index in [1.54, 1.807) is 13.3 Å². The smallest absolute Gasteiger partial charge is 0.194 e. The van der Waals surface area contributed by atoms with Crippen LogP contribution >= 0.6 is 11.6 Å². The van der Waals surface area contributed by atoms with E-state index in [9.17, 15) is 18.3 Å². The van der Waals surface area contributed by atoms with Gasteiger partial charge in [-0.15, -0.1) is 0 Å². The second-order valence-electron chi connectivity index (χ2n) is 9.37. The van der Waals surface area contributed by atoms with Crippen molar-refractivity contribution in [3.8, 4) is 11.5 Å². The van der Waals surface area contributed by atoms with Crippen molar-refractivity contribution >= 4 is 22.5 Å². The Balaban J connectivity index is 1.29. The molecule has 1 saturated heterocycles. The van der Waals surface area contributed by atoms with E-state index < -0.39 is 17.5 Å². The molecule has 1 aliphatic heterocycles. The molecular formula is C27H30ClF3N2O3. The molecule has 0 bridgehead atoms. The Labute approximate surface area is 213 Å². The Morgan fingerprint density at radius 2 is 1.81 bits per heavy atom. The van der Waals surface area contributed by atoms with Gasteiger partial charge in [0.2, 0.25) is 0 Å². The van der Waals surface area contributed by atoms with Crippen LogP contribution in [-0.4, -0.2) is 54.9 Å². The highest BCUT2D eigenvalue weighted by atomic mass is 35.5. The zero-order valence-corrected chi connectivity index (χ0v) is 21.0. The number of methoxy groups -OCH3 is 1. The highest BCUT2D eigenvalue weighted by Crippen LogP contribution is 2.37. The Morgan fingerprint density at radius 3 is 2.47 bits per heavy atom. The summed E-state index contributed by atoms with van der Waals surface area (Å²) in [4.78, 5) is 6.61. The number of aliphatic hydroxyl groups is 1. The summed E-state index contributed by atoms with van der Waals surface area (Å²) in [5.41, 5.74) is 1.75. The van der Waals surface area contributed by atoms with E-state index in [2.05, 4.69) is 9.88 Å². The number of halogens is 4. The van der Waals surface area contributed by atoms with Crippen molar-refractivity contribution in [2.45, 2.75) is 32.1 Å². The van der Waals surface area contributed by atoms with E-state index in [1.807, 2.05) is 18.2 Å². The summed E-state index contributed by atoms with van der Waals surface area (Å²) in [6.07, 6.45) is 5.87. The average molecular weight is 523 g/mol. The van der Waals surface area contributed by atoms with Crippen molar-refractivity contribution in [3.63, 3.8) is 0 Å². The highest BCUT2D eigenvalue weighted by molar-refractivity contribution is 6.32. The molecule has 194 valence electrons. The second kappa shape index (κ2) is 11.7. The molecule has 3 aromatic rings. The van der Waals surface area contributed by atoms with Crippen LogP contribution < -0.4 is 9.47 Å². The molecule has 0 radical (unpaired) electrons. The van der Waals surface area contributed by atoms with Crippen LogP contribution in [0.2, 0.25) is 5.02 Å². The first-order chi connectivity index (χ1) is 17.3. The Hall–Kier alpha value is -2.55. The van der Waals surface area contributed by atoms with Crippen molar-refractivity contribution in [1.29, 1.82) is 0 Å². The van der Waals surface area contributed by atoms with Gasteiger partial charge in [-0.05, 0) is 74.4 Å². The third kappa shape index (κ3) is 6.05. The van der Waals surface area contributed by atoms with E-state index in [1.165, 1.54) is 0 Å². The van der Waals surface area contributed by atoms with Gasteiger partial charge in [-0.2, -0.15) is 0 Å². The number of aliphatic hydroxyl groups excluding tert-OH is 1. The number of nitrogens with zero attached hydrogens (tertiary/aromatic N) is 2. The molecule has 0 spiro atoms. The van der Waals surface area contributed by atoms with Crippen molar-refractivity contribution in [3.05, 3.63) is 64.6 Å². The zero-order chi connectivity index (χ0) is 25.7. The molecule has 0 amide bonds. The maximum atomic E-state index is 13.3. The van der Waals surface area contributed by atoms with Crippen LogP contribution in [-0.2, 0) is 6.42 Å². The number of pyridine rings is 1. The van der Waals surface area contributed by atoms with Crippen LogP contribution in [0.4, 0.5) is 13.2 Å². The lowest BCUT2D eigenvalue weighted by Crippen LogP contribution is -2.43. The Kier molecular flexibility index (Phi) is 8.59. The lowest BCUT2D eigenvalue weighted by atomic mass is 9.75. The van der Waals surface area contributed by atoms with Crippen LogP contribution in [0.3, 0.4) is 0 Å². The lowest BCUT2D eigenvalue weighted by molar-refractivity contribution is 0.0316. The molecule has 4 rings (SSSR count). The molecular weight excluding hydrogens is 493 g/mol. The molecule has 1 aliphatic rings. The minimum atomic E-state index is -1.50. The Bertz CT molecular complexity index is 1180. The number of rotatable bonds is 10. The molecule has 0 unspecified atom stereocenters. The van der Waals surface area contributed by atoms with Gasteiger partial charge in [0.1, 0.15) is 18.1 Å². The van der Waals surface area contributed by atoms with Gasteiger partial charge in [0.05, 0.1) is 17.6 Å². The second-order valence-corrected chi connectivity index (χ2v) is 9.78. The highest BCUT2D eigenvalue weighted by Gasteiger charge is 2.33. The monoisotopic (exact) mass is 522 g/mol. The first kappa shape index (κ1) is 26.5. The molecule has 36 heavy (non-hydrogen) atoms. The molecule has 2 heterocycles. The van der Waals surface area contributed by atoms with Gasteiger partial charge < -0.3 is 14.6 Å². The van der Waals surface area contributed by atoms with Crippen LogP contribution in [0.5, 0.6) is 11.5 Å². The van der Waals surface area contributed by atoms with E-state index in [0.717, 1.165) is 79.5 Å². The van der Waals surface area contributed by atoms with E-state index in [4.69, 9.17) is 21.1 Å². The molecule has 1 aromatic heterocycles. The van der Waals surface area contributed by atoms with Crippen LogP contribution in [0.25, 0.3) is 10.9 Å². The quantitative estimate of drug-likeness (QED) is 0.342. The molecule has 5 nitrogen and oxygen atoms in total. The fourth-order valence-corrected chi connectivity index (χ4v) is 5.11. The number of benzene rings is 2. The van der Waals surface area contributed by atoms with Gasteiger partial charge in [-0.1, -0.05) is 11.6 Å². The molecule has 1 fully saturated rings. The molecule has 0 aliphatic carbocycles. The maximum absolute atomic E-state index is 13.3. The number of ether oxygens (including phenoxy) is 2. The minimum absolute atomic E-state index is 0.0342. The van der Waals surface area contributed by atoms with E-state index in [-0.39, 0.29) is 24.4 Å². The van der Waals surface area contributed by atoms with Gasteiger partial charge >= 0.3 is 0 Å². The van der Waals surface area contributed by atoms with Crippen LogP contribution in [0.15, 0.2) is 36.5 Å². The minimum Gasteiger partial charge on any atom is -0.497 e. The summed E-state index contributed by atoms with van der Waals surface area (Å²) < 4.78 is 50.6. The number of piperidine rings is 1. The number of fused-ring (bicyclic) bond motifs is 1. The van der Waals surface area contributed by atoms with Crippen molar-refractivity contribution < 1.29 is 27.8 Å². The van der Waals surface area contributed by atoms with Gasteiger partial charge in [-0.25, -0.2) is 13.2 Å². The van der Waals surface area contributed by atoms with Crippen LogP contribution in [0, 0.1) is 22.9 Å². The summed E-state index contributed by atoms with van der Waals surface area (Å²) in [5, 5.41) is 11.8.